The minimum atomic E-state index is -0.232. The number of piperidine rings is 1. The minimum Gasteiger partial charge on any atom is -0.506 e. The average molecular weight is 485 g/mol. The minimum absolute atomic E-state index is 0.00488. The Morgan fingerprint density at radius 1 is 1.09 bits per heavy atom. The molecule has 2 aliphatic rings. The van der Waals surface area contributed by atoms with E-state index >= 15 is 0 Å². The smallest absolute Gasteiger partial charge is 0.237 e. The third-order valence-electron chi connectivity index (χ3n) is 6.91. The number of nitrogens with one attached hydrogen (secondary N) is 2. The van der Waals surface area contributed by atoms with E-state index < -0.39 is 0 Å². The molecule has 2 aromatic rings. The molecule has 0 aromatic heterocycles. The molecule has 2 aromatic carbocycles. The number of halogens is 1. The Balaban J connectivity index is 1.21. The van der Waals surface area contributed by atoms with Gasteiger partial charge in [-0.15, -0.1) is 0 Å². The summed E-state index contributed by atoms with van der Waals surface area (Å²) in [5, 5.41) is 16.4. The van der Waals surface area contributed by atoms with E-state index in [9.17, 15) is 14.7 Å². The number of aromatic hydroxyl groups is 1. The van der Waals surface area contributed by atoms with Gasteiger partial charge in [-0.25, -0.2) is 0 Å². The molecule has 7 nitrogen and oxygen atoms in total. The van der Waals surface area contributed by atoms with Crippen LogP contribution in [0.15, 0.2) is 48.5 Å². The van der Waals surface area contributed by atoms with Crippen LogP contribution in [0.1, 0.15) is 31.7 Å². The van der Waals surface area contributed by atoms with E-state index in [1.165, 1.54) is 11.6 Å². The van der Waals surface area contributed by atoms with Crippen LogP contribution in [-0.2, 0) is 16.1 Å². The Morgan fingerprint density at radius 3 is 2.56 bits per heavy atom. The molecule has 2 heterocycles. The lowest BCUT2D eigenvalue weighted by Crippen LogP contribution is -2.51. The fourth-order valence-corrected chi connectivity index (χ4v) is 4.99. The number of hydrogen-bond donors (Lipinski definition) is 3. The molecule has 182 valence electrons. The predicted molar refractivity (Wildman–Crippen MR) is 134 cm³/mol. The molecule has 0 saturated carbocycles. The number of anilines is 1. The van der Waals surface area contributed by atoms with Gasteiger partial charge in [-0.05, 0) is 63.0 Å². The molecule has 8 heteroatoms. The number of carbonyl (C=O) groups excluding carboxylic acids is 2. The Hall–Kier alpha value is -2.61. The zero-order valence-corrected chi connectivity index (χ0v) is 20.3. The first-order chi connectivity index (χ1) is 16.4. The molecule has 2 aliphatic heterocycles. The first-order valence-corrected chi connectivity index (χ1v) is 12.4. The van der Waals surface area contributed by atoms with Gasteiger partial charge >= 0.3 is 0 Å². The van der Waals surface area contributed by atoms with Crippen LogP contribution in [-0.4, -0.2) is 65.0 Å². The molecule has 2 saturated heterocycles. The second-order valence-corrected chi connectivity index (χ2v) is 9.79. The Bertz CT molecular complexity index is 995. The first-order valence-electron chi connectivity index (χ1n) is 12.0. The molecule has 0 radical (unpaired) electrons. The van der Waals surface area contributed by atoms with Crippen LogP contribution >= 0.6 is 11.6 Å². The average Bonchev–Trinajstić information content (AvgIpc) is 3.28. The first kappa shape index (κ1) is 24.5. The molecule has 0 spiro atoms. The number of amides is 2. The summed E-state index contributed by atoms with van der Waals surface area (Å²) in [4.78, 5) is 30.1. The quantitative estimate of drug-likeness (QED) is 0.524. The summed E-state index contributed by atoms with van der Waals surface area (Å²) in [5.74, 6) is -0.238. The number of hydrogen-bond acceptors (Lipinski definition) is 5. The summed E-state index contributed by atoms with van der Waals surface area (Å²) >= 11 is 5.97. The van der Waals surface area contributed by atoms with Crippen molar-refractivity contribution in [3.63, 3.8) is 0 Å². The van der Waals surface area contributed by atoms with Gasteiger partial charge in [-0.2, -0.15) is 0 Å². The van der Waals surface area contributed by atoms with Crippen LogP contribution < -0.4 is 10.6 Å². The largest absolute Gasteiger partial charge is 0.506 e. The topological polar surface area (TPSA) is 84.9 Å². The molecular weight excluding hydrogens is 452 g/mol. The van der Waals surface area contributed by atoms with Gasteiger partial charge in [-0.1, -0.05) is 41.9 Å². The van der Waals surface area contributed by atoms with E-state index in [1.807, 2.05) is 13.0 Å². The van der Waals surface area contributed by atoms with Gasteiger partial charge in [0, 0.05) is 36.6 Å². The molecule has 2 fully saturated rings. The van der Waals surface area contributed by atoms with Crippen molar-refractivity contribution in [2.24, 2.45) is 5.92 Å². The summed E-state index contributed by atoms with van der Waals surface area (Å²) in [5.41, 5.74) is 1.62. The number of rotatable bonds is 7. The molecule has 3 N–H and O–H groups in total. The third kappa shape index (κ3) is 6.29. The van der Waals surface area contributed by atoms with Crippen molar-refractivity contribution in [3.8, 4) is 5.75 Å². The van der Waals surface area contributed by atoms with Crippen LogP contribution in [0.2, 0.25) is 5.02 Å². The van der Waals surface area contributed by atoms with Gasteiger partial charge in [0.05, 0.1) is 11.7 Å². The van der Waals surface area contributed by atoms with Crippen LogP contribution in [0.4, 0.5) is 5.69 Å². The highest BCUT2D eigenvalue weighted by molar-refractivity contribution is 6.31. The van der Waals surface area contributed by atoms with Gasteiger partial charge < -0.3 is 15.7 Å². The summed E-state index contributed by atoms with van der Waals surface area (Å²) < 4.78 is 0. The highest BCUT2D eigenvalue weighted by Gasteiger charge is 2.32. The number of phenols is 1. The van der Waals surface area contributed by atoms with E-state index in [1.54, 1.807) is 12.1 Å². The van der Waals surface area contributed by atoms with E-state index in [0.29, 0.717) is 36.6 Å². The van der Waals surface area contributed by atoms with Crippen molar-refractivity contribution in [2.75, 3.05) is 31.5 Å². The molecule has 2 atom stereocenters. The maximum absolute atomic E-state index is 12.9. The van der Waals surface area contributed by atoms with Crippen molar-refractivity contribution in [1.29, 1.82) is 0 Å². The Kier molecular flexibility index (Phi) is 8.08. The number of benzene rings is 2. The number of carbonyl (C=O) groups is 2. The summed E-state index contributed by atoms with van der Waals surface area (Å²) in [6, 6.07) is 14.9. The summed E-state index contributed by atoms with van der Waals surface area (Å²) in [7, 11) is 0. The number of phenolic OH excluding ortho intramolecular Hbond substituents is 1. The van der Waals surface area contributed by atoms with Crippen LogP contribution in [0.25, 0.3) is 0 Å². The Morgan fingerprint density at radius 2 is 1.82 bits per heavy atom. The maximum Gasteiger partial charge on any atom is 0.237 e. The second-order valence-electron chi connectivity index (χ2n) is 9.35. The highest BCUT2D eigenvalue weighted by atomic mass is 35.5. The summed E-state index contributed by atoms with van der Waals surface area (Å²) in [6.45, 7) is 6.06. The van der Waals surface area contributed by atoms with Crippen LogP contribution in [0.5, 0.6) is 5.75 Å². The van der Waals surface area contributed by atoms with Crippen LogP contribution in [0, 0.1) is 5.92 Å². The highest BCUT2D eigenvalue weighted by Crippen LogP contribution is 2.28. The lowest BCUT2D eigenvalue weighted by Gasteiger charge is -2.35. The SMILES string of the molecule is C[C@H](C(=O)N[C@@H]1CCN(Cc2ccccc2)C1)N1CCC(C(=O)Nc2cc(Cl)ccc2O)CC1. The zero-order chi connectivity index (χ0) is 24.1. The van der Waals surface area contributed by atoms with Gasteiger partial charge in [-0.3, -0.25) is 19.4 Å². The molecule has 34 heavy (non-hydrogen) atoms. The Labute approximate surface area is 206 Å². The lowest BCUT2D eigenvalue weighted by molar-refractivity contribution is -0.127. The molecule has 0 aliphatic carbocycles. The van der Waals surface area contributed by atoms with E-state index in [0.717, 1.165) is 26.1 Å². The summed E-state index contributed by atoms with van der Waals surface area (Å²) in [6.07, 6.45) is 2.29. The van der Waals surface area contributed by atoms with Crippen LogP contribution in [0.3, 0.4) is 0 Å². The van der Waals surface area contributed by atoms with Crippen molar-refractivity contribution in [2.45, 2.75) is 44.8 Å². The fourth-order valence-electron chi connectivity index (χ4n) is 4.82. The lowest BCUT2D eigenvalue weighted by atomic mass is 9.94. The van der Waals surface area contributed by atoms with E-state index in [4.69, 9.17) is 11.6 Å². The standard InChI is InChI=1S/C26H33ClN4O3/c1-18(25(33)28-22-11-12-30(17-22)16-19-5-3-2-4-6-19)31-13-9-20(10-14-31)26(34)29-23-15-21(27)7-8-24(23)32/h2-8,15,18,20,22,32H,9-14,16-17H2,1H3,(H,28,33)(H,29,34)/t18-,22-/m1/s1. The van der Waals surface area contributed by atoms with Crippen molar-refractivity contribution in [1.82, 2.24) is 15.1 Å². The van der Waals surface area contributed by atoms with Gasteiger partial charge in [0.25, 0.3) is 0 Å². The van der Waals surface area contributed by atoms with Gasteiger partial charge in [0.2, 0.25) is 11.8 Å². The number of nitrogens with zero attached hydrogens (tertiary/aromatic N) is 2. The predicted octanol–water partition coefficient (Wildman–Crippen LogP) is 3.48. The second kappa shape index (κ2) is 11.2. The van der Waals surface area contributed by atoms with Gasteiger partial charge in [0.1, 0.15) is 5.75 Å². The molecule has 4 rings (SSSR count). The van der Waals surface area contributed by atoms with E-state index in [2.05, 4.69) is 44.7 Å². The van der Waals surface area contributed by atoms with Gasteiger partial charge in [0.15, 0.2) is 0 Å². The normalized spacial score (nSPS) is 20.7. The molecule has 0 unspecified atom stereocenters. The third-order valence-corrected chi connectivity index (χ3v) is 7.15. The molecule has 0 bridgehead atoms. The zero-order valence-electron chi connectivity index (χ0n) is 19.5. The van der Waals surface area contributed by atoms with Crippen molar-refractivity contribution < 1.29 is 14.7 Å². The monoisotopic (exact) mass is 484 g/mol. The van der Waals surface area contributed by atoms with Crippen molar-refractivity contribution in [3.05, 3.63) is 59.1 Å². The van der Waals surface area contributed by atoms with E-state index in [-0.39, 0.29) is 35.6 Å². The number of likely N-dealkylation sites (tertiary alicyclic amines) is 2. The molecule has 2 amide bonds. The molecular formula is C26H33ClN4O3. The maximum atomic E-state index is 12.9. The van der Waals surface area contributed by atoms with Crippen molar-refractivity contribution >= 4 is 29.1 Å². The fraction of sp³-hybridized carbons (Fsp3) is 0.462.